The van der Waals surface area contributed by atoms with Gasteiger partial charge in [0.15, 0.2) is 0 Å². The molecule has 1 fully saturated rings. The van der Waals surface area contributed by atoms with Gasteiger partial charge in [0.1, 0.15) is 0 Å². The minimum absolute atomic E-state index is 0.334. The van der Waals surface area contributed by atoms with Gasteiger partial charge < -0.3 is 10.2 Å². The van der Waals surface area contributed by atoms with Gasteiger partial charge >= 0.3 is 0 Å². The number of hydrogen-bond donors (Lipinski definition) is 1. The lowest BCUT2D eigenvalue weighted by molar-refractivity contribution is 0.651. The first-order valence-corrected chi connectivity index (χ1v) is 7.64. The van der Waals surface area contributed by atoms with Crippen molar-refractivity contribution in [1.29, 1.82) is 5.26 Å². The summed E-state index contributed by atoms with van der Waals surface area (Å²) in [5.41, 5.74) is 1.87. The molecular weight excluding hydrogens is 274 g/mol. The fraction of sp³-hybridized carbons (Fsp3) is 0.353. The minimum atomic E-state index is 0.334. The molecule has 3 rings (SSSR count). The van der Waals surface area contributed by atoms with Crippen LogP contribution in [0.3, 0.4) is 0 Å². The predicted molar refractivity (Wildman–Crippen MR) is 86.7 cm³/mol. The van der Waals surface area contributed by atoms with Crippen molar-refractivity contribution in [1.82, 2.24) is 9.97 Å². The van der Waals surface area contributed by atoms with Crippen LogP contribution in [0.4, 0.5) is 11.6 Å². The van der Waals surface area contributed by atoms with Gasteiger partial charge in [-0.3, -0.25) is 0 Å². The Morgan fingerprint density at radius 3 is 2.64 bits per heavy atom. The molecule has 1 aromatic heterocycles. The van der Waals surface area contributed by atoms with Gasteiger partial charge in [0.2, 0.25) is 5.95 Å². The number of nitriles is 1. The van der Waals surface area contributed by atoms with Gasteiger partial charge in [0.05, 0.1) is 11.6 Å². The second-order valence-corrected chi connectivity index (χ2v) is 5.51. The van der Waals surface area contributed by atoms with Gasteiger partial charge in [-0.2, -0.15) is 5.26 Å². The number of hydrogen-bond acceptors (Lipinski definition) is 5. The Morgan fingerprint density at radius 1 is 1.14 bits per heavy atom. The molecule has 1 atom stereocenters. The van der Waals surface area contributed by atoms with Crippen LogP contribution in [0.25, 0.3) is 0 Å². The zero-order valence-electron chi connectivity index (χ0n) is 12.4. The molecule has 2 heterocycles. The van der Waals surface area contributed by atoms with Gasteiger partial charge in [-0.15, -0.1) is 0 Å². The first-order chi connectivity index (χ1) is 10.8. The number of aromatic nitrogens is 2. The van der Waals surface area contributed by atoms with E-state index in [0.29, 0.717) is 17.6 Å². The van der Waals surface area contributed by atoms with Crippen molar-refractivity contribution in [2.45, 2.75) is 25.3 Å². The quantitative estimate of drug-likeness (QED) is 0.942. The van der Waals surface area contributed by atoms with Crippen molar-refractivity contribution in [3.63, 3.8) is 0 Å². The van der Waals surface area contributed by atoms with Gasteiger partial charge in [-0.05, 0) is 49.6 Å². The van der Waals surface area contributed by atoms with E-state index in [0.717, 1.165) is 19.5 Å². The predicted octanol–water partition coefficient (Wildman–Crippen LogP) is 2.82. The summed E-state index contributed by atoms with van der Waals surface area (Å²) in [5.74, 6) is 0.689. The standard InChI is InChI=1S/C17H19N5/c18-12-14-5-7-16(8-6-14)22-11-2-1-4-15(13-22)21-17-19-9-3-10-20-17/h3,5-10,15H,1-2,4,11,13H2,(H,19,20,21)/t15-/m0/s1. The monoisotopic (exact) mass is 293 g/mol. The van der Waals surface area contributed by atoms with E-state index in [1.165, 1.54) is 18.5 Å². The molecule has 0 saturated carbocycles. The summed E-state index contributed by atoms with van der Waals surface area (Å²) in [6.07, 6.45) is 6.99. The molecule has 1 aliphatic rings. The molecule has 0 unspecified atom stereocenters. The van der Waals surface area contributed by atoms with Crippen LogP contribution in [0.1, 0.15) is 24.8 Å². The zero-order valence-corrected chi connectivity index (χ0v) is 12.4. The molecule has 1 aromatic carbocycles. The molecule has 2 aromatic rings. The molecule has 0 bridgehead atoms. The average molecular weight is 293 g/mol. The lowest BCUT2D eigenvalue weighted by atomic mass is 10.1. The van der Waals surface area contributed by atoms with E-state index < -0.39 is 0 Å². The summed E-state index contributed by atoms with van der Waals surface area (Å²) in [6.45, 7) is 1.96. The van der Waals surface area contributed by atoms with Gasteiger partial charge in [-0.1, -0.05) is 0 Å². The Balaban J connectivity index is 1.70. The fourth-order valence-corrected chi connectivity index (χ4v) is 2.80. The Labute approximate surface area is 130 Å². The minimum Gasteiger partial charge on any atom is -0.369 e. The van der Waals surface area contributed by atoms with Gasteiger partial charge in [0.25, 0.3) is 0 Å². The Bertz CT molecular complexity index is 632. The van der Waals surface area contributed by atoms with Crippen molar-refractivity contribution in [2.24, 2.45) is 0 Å². The molecule has 1 aliphatic heterocycles. The van der Waals surface area contributed by atoms with E-state index in [2.05, 4.69) is 26.3 Å². The van der Waals surface area contributed by atoms with E-state index in [1.54, 1.807) is 12.4 Å². The van der Waals surface area contributed by atoms with Crippen molar-refractivity contribution >= 4 is 11.6 Å². The van der Waals surface area contributed by atoms with E-state index in [9.17, 15) is 0 Å². The van der Waals surface area contributed by atoms with Crippen LogP contribution in [0.5, 0.6) is 0 Å². The lowest BCUT2D eigenvalue weighted by Gasteiger charge is -2.27. The van der Waals surface area contributed by atoms with E-state index in [1.807, 2.05) is 30.3 Å². The van der Waals surface area contributed by atoms with Crippen molar-refractivity contribution < 1.29 is 0 Å². The van der Waals surface area contributed by atoms with Crippen LogP contribution >= 0.6 is 0 Å². The number of anilines is 2. The van der Waals surface area contributed by atoms with Crippen LogP contribution in [-0.4, -0.2) is 29.1 Å². The van der Waals surface area contributed by atoms with Crippen molar-refractivity contribution in [2.75, 3.05) is 23.3 Å². The lowest BCUT2D eigenvalue weighted by Crippen LogP contribution is -2.35. The summed E-state index contributed by atoms with van der Waals surface area (Å²) in [5, 5.41) is 12.3. The third-order valence-electron chi connectivity index (χ3n) is 3.93. The maximum absolute atomic E-state index is 8.90. The van der Waals surface area contributed by atoms with Gasteiger partial charge in [0, 0.05) is 37.2 Å². The first kappa shape index (κ1) is 14.3. The largest absolute Gasteiger partial charge is 0.369 e. The second-order valence-electron chi connectivity index (χ2n) is 5.51. The van der Waals surface area contributed by atoms with Gasteiger partial charge in [-0.25, -0.2) is 9.97 Å². The number of rotatable bonds is 3. The summed E-state index contributed by atoms with van der Waals surface area (Å²) < 4.78 is 0. The highest BCUT2D eigenvalue weighted by atomic mass is 15.2. The average Bonchev–Trinajstić information content (AvgIpc) is 2.81. The van der Waals surface area contributed by atoms with Crippen molar-refractivity contribution in [3.8, 4) is 6.07 Å². The summed E-state index contributed by atoms with van der Waals surface area (Å²) in [6, 6.07) is 12.1. The Morgan fingerprint density at radius 2 is 1.91 bits per heavy atom. The molecule has 0 amide bonds. The summed E-state index contributed by atoms with van der Waals surface area (Å²) >= 11 is 0. The molecule has 112 valence electrons. The van der Waals surface area contributed by atoms with E-state index >= 15 is 0 Å². The van der Waals surface area contributed by atoms with Crippen molar-refractivity contribution in [3.05, 3.63) is 48.3 Å². The normalized spacial score (nSPS) is 18.3. The van der Waals surface area contributed by atoms with Crippen LogP contribution in [0, 0.1) is 11.3 Å². The van der Waals surface area contributed by atoms with E-state index in [4.69, 9.17) is 5.26 Å². The van der Waals surface area contributed by atoms with Crippen LogP contribution < -0.4 is 10.2 Å². The SMILES string of the molecule is N#Cc1ccc(N2CCCC[C@H](Nc3ncccn3)C2)cc1. The third kappa shape index (κ3) is 3.53. The highest BCUT2D eigenvalue weighted by Crippen LogP contribution is 2.21. The maximum Gasteiger partial charge on any atom is 0.222 e. The Hall–Kier alpha value is -2.61. The third-order valence-corrected chi connectivity index (χ3v) is 3.93. The fourth-order valence-electron chi connectivity index (χ4n) is 2.80. The van der Waals surface area contributed by atoms with E-state index in [-0.39, 0.29) is 0 Å². The molecule has 5 heteroatoms. The van der Waals surface area contributed by atoms with Crippen LogP contribution in [-0.2, 0) is 0 Å². The van der Waals surface area contributed by atoms with Crippen LogP contribution in [0.2, 0.25) is 0 Å². The molecule has 0 spiro atoms. The Kier molecular flexibility index (Phi) is 4.50. The zero-order chi connectivity index (χ0) is 15.2. The number of nitrogens with one attached hydrogen (secondary N) is 1. The smallest absolute Gasteiger partial charge is 0.222 e. The molecule has 22 heavy (non-hydrogen) atoms. The molecular formula is C17H19N5. The van der Waals surface area contributed by atoms with Crippen LogP contribution in [0.15, 0.2) is 42.7 Å². The summed E-state index contributed by atoms with van der Waals surface area (Å²) in [7, 11) is 0. The topological polar surface area (TPSA) is 64.8 Å². The summed E-state index contributed by atoms with van der Waals surface area (Å²) in [4.78, 5) is 10.9. The maximum atomic E-state index is 8.90. The molecule has 1 saturated heterocycles. The highest BCUT2D eigenvalue weighted by molar-refractivity contribution is 5.50. The highest BCUT2D eigenvalue weighted by Gasteiger charge is 2.19. The molecule has 0 radical (unpaired) electrons. The number of nitrogens with zero attached hydrogens (tertiary/aromatic N) is 4. The molecule has 1 N–H and O–H groups in total. The first-order valence-electron chi connectivity index (χ1n) is 7.64. The molecule has 5 nitrogen and oxygen atoms in total. The molecule has 0 aliphatic carbocycles. The second kappa shape index (κ2) is 6.90. The number of benzene rings is 1.